The zero-order valence-corrected chi connectivity index (χ0v) is 17.0. The van der Waals surface area contributed by atoms with Gasteiger partial charge in [0.05, 0.1) is 18.5 Å². The Labute approximate surface area is 166 Å². The summed E-state index contributed by atoms with van der Waals surface area (Å²) in [5.74, 6) is 0.861. The van der Waals surface area contributed by atoms with Crippen LogP contribution in [0.3, 0.4) is 0 Å². The van der Waals surface area contributed by atoms with Crippen molar-refractivity contribution in [2.45, 2.75) is 6.10 Å². The Morgan fingerprint density at radius 2 is 1.85 bits per heavy atom. The van der Waals surface area contributed by atoms with Crippen molar-refractivity contribution in [3.63, 3.8) is 0 Å². The summed E-state index contributed by atoms with van der Waals surface area (Å²) in [6, 6.07) is 14.0. The van der Waals surface area contributed by atoms with Gasteiger partial charge in [-0.2, -0.15) is 0 Å². The van der Waals surface area contributed by atoms with Gasteiger partial charge in [-0.05, 0) is 36.4 Å². The van der Waals surface area contributed by atoms with Crippen LogP contribution in [0, 0.1) is 0 Å². The normalized spacial score (nSPS) is 15.9. The fraction of sp³-hybridized carbons (Fsp3) is 0.278. The number of hydrogen-bond acceptors (Lipinski definition) is 5. The van der Waals surface area contributed by atoms with Crippen molar-refractivity contribution in [3.05, 3.63) is 53.0 Å². The molecule has 0 bridgehead atoms. The van der Waals surface area contributed by atoms with Crippen molar-refractivity contribution < 1.29 is 22.7 Å². The number of halogens is 1. The number of fused-ring (bicyclic) bond motifs is 1. The molecule has 0 saturated heterocycles. The highest BCUT2D eigenvalue weighted by Crippen LogP contribution is 2.30. The summed E-state index contributed by atoms with van der Waals surface area (Å²) in [5, 5.41) is 2.71. The summed E-state index contributed by atoms with van der Waals surface area (Å²) in [6.07, 6.45) is 0.723. The summed E-state index contributed by atoms with van der Waals surface area (Å²) < 4.78 is 37.4. The van der Waals surface area contributed by atoms with Crippen LogP contribution < -0.4 is 19.1 Å². The van der Waals surface area contributed by atoms with E-state index in [0.29, 0.717) is 23.8 Å². The predicted octanol–water partition coefficient (Wildman–Crippen LogP) is 2.17. The van der Waals surface area contributed by atoms with E-state index < -0.39 is 15.9 Å². The fourth-order valence-corrected chi connectivity index (χ4v) is 3.71. The summed E-state index contributed by atoms with van der Waals surface area (Å²) in [4.78, 5) is 12.3. The van der Waals surface area contributed by atoms with Gasteiger partial charge in [0.25, 0.3) is 0 Å². The van der Waals surface area contributed by atoms with E-state index in [0.717, 1.165) is 15.0 Å². The topological polar surface area (TPSA) is 84.9 Å². The van der Waals surface area contributed by atoms with Gasteiger partial charge >= 0.3 is 0 Å². The van der Waals surface area contributed by atoms with Gasteiger partial charge in [0.15, 0.2) is 11.5 Å². The summed E-state index contributed by atoms with van der Waals surface area (Å²) in [6.45, 7) is 0.204. The number of rotatable bonds is 6. The van der Waals surface area contributed by atoms with Gasteiger partial charge in [0.1, 0.15) is 19.3 Å². The molecule has 0 fully saturated rings. The Balaban J connectivity index is 1.59. The van der Waals surface area contributed by atoms with Crippen molar-refractivity contribution in [1.29, 1.82) is 0 Å². The summed E-state index contributed by atoms with van der Waals surface area (Å²) in [5.41, 5.74) is 0.419. The minimum atomic E-state index is -3.61. The van der Waals surface area contributed by atoms with Crippen LogP contribution in [-0.4, -0.2) is 46.4 Å². The maximum absolute atomic E-state index is 12.3. The molecule has 3 rings (SSSR count). The molecule has 2 aromatic rings. The Hall–Kier alpha value is -2.26. The smallest absolute Gasteiger partial charge is 0.240 e. The van der Waals surface area contributed by atoms with Crippen molar-refractivity contribution in [3.8, 4) is 11.5 Å². The molecule has 0 aromatic heterocycles. The van der Waals surface area contributed by atoms with Gasteiger partial charge in [-0.25, -0.2) is 8.42 Å². The second-order valence-corrected chi connectivity index (χ2v) is 8.87. The molecule has 2 aromatic carbocycles. The zero-order chi connectivity index (χ0) is 19.4. The lowest BCUT2D eigenvalue weighted by molar-refractivity contribution is -0.120. The Kier molecular flexibility index (Phi) is 5.91. The largest absolute Gasteiger partial charge is 0.486 e. The Morgan fingerprint density at radius 3 is 2.52 bits per heavy atom. The lowest BCUT2D eigenvalue weighted by Crippen LogP contribution is -2.45. The van der Waals surface area contributed by atoms with Crippen LogP contribution in [0.25, 0.3) is 0 Å². The van der Waals surface area contributed by atoms with E-state index in [1.807, 2.05) is 18.2 Å². The number of para-hydroxylation sites is 2. The number of ether oxygens (including phenoxy) is 2. The van der Waals surface area contributed by atoms with Gasteiger partial charge < -0.3 is 14.8 Å². The van der Waals surface area contributed by atoms with Crippen LogP contribution in [0.1, 0.15) is 0 Å². The van der Waals surface area contributed by atoms with Crippen LogP contribution in [0.5, 0.6) is 11.5 Å². The maximum atomic E-state index is 12.3. The third kappa shape index (κ3) is 5.14. The lowest BCUT2D eigenvalue weighted by Gasteiger charge is -2.27. The monoisotopic (exact) mass is 454 g/mol. The van der Waals surface area contributed by atoms with Crippen LogP contribution in [0.15, 0.2) is 53.0 Å². The fourth-order valence-electron chi connectivity index (χ4n) is 2.59. The Morgan fingerprint density at radius 1 is 1.19 bits per heavy atom. The van der Waals surface area contributed by atoms with Crippen LogP contribution in [-0.2, 0) is 14.8 Å². The first-order valence-corrected chi connectivity index (χ1v) is 10.9. The molecule has 7 nitrogen and oxygen atoms in total. The molecule has 0 unspecified atom stereocenters. The highest BCUT2D eigenvalue weighted by molar-refractivity contribution is 9.10. The maximum Gasteiger partial charge on any atom is 0.240 e. The first kappa shape index (κ1) is 19.5. The minimum Gasteiger partial charge on any atom is -0.486 e. The van der Waals surface area contributed by atoms with Crippen molar-refractivity contribution in [2.75, 3.05) is 30.3 Å². The molecule has 1 aliphatic heterocycles. The molecule has 1 aliphatic rings. The molecule has 0 spiro atoms. The minimum absolute atomic E-state index is 0.213. The van der Waals surface area contributed by atoms with Gasteiger partial charge in [-0.3, -0.25) is 9.10 Å². The third-order valence-corrected chi connectivity index (χ3v) is 5.57. The molecular formula is C18H19BrN2O5S. The van der Waals surface area contributed by atoms with E-state index in [1.54, 1.807) is 30.3 Å². The highest BCUT2D eigenvalue weighted by Gasteiger charge is 2.24. The molecule has 1 heterocycles. The first-order valence-electron chi connectivity index (χ1n) is 8.21. The number of hydrogen-bond donors (Lipinski definition) is 1. The first-order chi connectivity index (χ1) is 12.8. The van der Waals surface area contributed by atoms with Crippen LogP contribution in [0.4, 0.5) is 5.69 Å². The molecule has 0 saturated carbocycles. The van der Waals surface area contributed by atoms with E-state index in [2.05, 4.69) is 21.2 Å². The predicted molar refractivity (Wildman–Crippen MR) is 106 cm³/mol. The molecule has 0 aliphatic carbocycles. The second-order valence-electron chi connectivity index (χ2n) is 6.05. The molecular weight excluding hydrogens is 436 g/mol. The van der Waals surface area contributed by atoms with E-state index in [9.17, 15) is 13.2 Å². The average molecular weight is 455 g/mol. The van der Waals surface area contributed by atoms with Crippen molar-refractivity contribution in [1.82, 2.24) is 5.32 Å². The van der Waals surface area contributed by atoms with Gasteiger partial charge in [0, 0.05) is 4.47 Å². The summed E-state index contributed by atoms with van der Waals surface area (Å²) in [7, 11) is -3.61. The number of carbonyl (C=O) groups excluding carboxylic acids is 1. The number of nitrogens with zero attached hydrogens (tertiary/aromatic N) is 1. The number of amides is 1. The number of benzene rings is 2. The molecule has 1 amide bonds. The van der Waals surface area contributed by atoms with Crippen molar-refractivity contribution >= 4 is 37.5 Å². The molecule has 144 valence electrons. The lowest BCUT2D eigenvalue weighted by atomic mass is 10.2. The molecule has 0 radical (unpaired) electrons. The molecule has 1 N–H and O–H groups in total. The third-order valence-electron chi connectivity index (χ3n) is 3.90. The zero-order valence-electron chi connectivity index (χ0n) is 14.6. The van der Waals surface area contributed by atoms with Gasteiger partial charge in [0.2, 0.25) is 15.9 Å². The second kappa shape index (κ2) is 8.18. The number of anilines is 1. The molecule has 9 heteroatoms. The molecule has 1 atom stereocenters. The Bertz CT molecular complexity index is 918. The number of nitrogens with one attached hydrogen (secondary N) is 1. The molecule has 27 heavy (non-hydrogen) atoms. The van der Waals surface area contributed by atoms with Gasteiger partial charge in [-0.15, -0.1) is 0 Å². The quantitative estimate of drug-likeness (QED) is 0.722. The standard InChI is InChI=1S/C18H19BrN2O5S/c1-27(23,24)21(14-8-6-13(19)7-9-14)11-18(22)20-10-15-12-25-16-4-2-3-5-17(16)26-15/h2-9,15H,10-12H2,1H3,(H,20,22)/t15-/m1/s1. The van der Waals surface area contributed by atoms with E-state index in [1.165, 1.54) is 0 Å². The van der Waals surface area contributed by atoms with E-state index >= 15 is 0 Å². The average Bonchev–Trinajstić information content (AvgIpc) is 2.64. The van der Waals surface area contributed by atoms with Crippen molar-refractivity contribution in [2.24, 2.45) is 0 Å². The van der Waals surface area contributed by atoms with Crippen LogP contribution >= 0.6 is 15.9 Å². The number of carbonyl (C=O) groups is 1. The van der Waals surface area contributed by atoms with E-state index in [4.69, 9.17) is 9.47 Å². The number of sulfonamides is 1. The van der Waals surface area contributed by atoms with E-state index in [-0.39, 0.29) is 19.2 Å². The highest BCUT2D eigenvalue weighted by atomic mass is 79.9. The summed E-state index contributed by atoms with van der Waals surface area (Å²) >= 11 is 3.30. The van der Waals surface area contributed by atoms with Crippen LogP contribution in [0.2, 0.25) is 0 Å². The SMILES string of the molecule is CS(=O)(=O)N(CC(=O)NC[C@@H]1COc2ccccc2O1)c1ccc(Br)cc1. The van der Waals surface area contributed by atoms with Gasteiger partial charge in [-0.1, -0.05) is 28.1 Å².